The van der Waals surface area contributed by atoms with Crippen molar-refractivity contribution in [2.75, 3.05) is 6.61 Å². The van der Waals surface area contributed by atoms with Gasteiger partial charge in [0.1, 0.15) is 11.5 Å². The van der Waals surface area contributed by atoms with Gasteiger partial charge in [-0.25, -0.2) is 4.98 Å². The molecule has 2 aromatic carbocycles. The van der Waals surface area contributed by atoms with Gasteiger partial charge >= 0.3 is 5.97 Å². The lowest BCUT2D eigenvalue weighted by Gasteiger charge is -2.10. The number of carbonyl (C=O) groups excluding carboxylic acids is 1. The molecular formula is C28H30ClN3O4. The van der Waals surface area contributed by atoms with Crippen LogP contribution in [0.4, 0.5) is 0 Å². The number of carbonyl (C=O) groups is 2. The van der Waals surface area contributed by atoms with Gasteiger partial charge in [0, 0.05) is 42.8 Å². The Hall–Kier alpha value is -3.47. The first-order valence-corrected chi connectivity index (χ1v) is 12.3. The minimum absolute atomic E-state index is 0.0814. The second-order valence-corrected chi connectivity index (χ2v) is 9.35. The Labute approximate surface area is 216 Å². The van der Waals surface area contributed by atoms with Crippen molar-refractivity contribution in [1.29, 1.82) is 5.26 Å². The molecule has 7 nitrogen and oxygen atoms in total. The number of hydrogen-bond acceptors (Lipinski definition) is 5. The van der Waals surface area contributed by atoms with E-state index >= 15 is 0 Å². The van der Waals surface area contributed by atoms with Crippen LogP contribution in [0.2, 0.25) is 5.02 Å². The predicted octanol–water partition coefficient (Wildman–Crippen LogP) is 5.84. The van der Waals surface area contributed by atoms with Crippen molar-refractivity contribution in [1.82, 2.24) is 9.55 Å². The molecule has 0 amide bonds. The number of carboxylic acid groups (broad SMARTS) is 1. The summed E-state index contributed by atoms with van der Waals surface area (Å²) in [6, 6.07) is 16.9. The number of aliphatic carboxylic acids is 1. The van der Waals surface area contributed by atoms with Crippen LogP contribution in [-0.2, 0) is 29.6 Å². The average Bonchev–Trinajstić information content (AvgIpc) is 3.16. The van der Waals surface area contributed by atoms with Crippen LogP contribution >= 0.6 is 11.6 Å². The number of hydrogen-bond donors (Lipinski definition) is 1. The van der Waals surface area contributed by atoms with E-state index in [1.165, 1.54) is 0 Å². The van der Waals surface area contributed by atoms with Crippen molar-refractivity contribution in [2.24, 2.45) is 13.0 Å². The molecule has 0 saturated carbocycles. The Kier molecular flexibility index (Phi) is 9.80. The Morgan fingerprint density at radius 1 is 1.17 bits per heavy atom. The van der Waals surface area contributed by atoms with Crippen molar-refractivity contribution < 1.29 is 19.4 Å². The van der Waals surface area contributed by atoms with Crippen LogP contribution in [0.5, 0.6) is 0 Å². The summed E-state index contributed by atoms with van der Waals surface area (Å²) in [6.45, 7) is 2.79. The molecule has 1 aromatic heterocycles. The normalized spacial score (nSPS) is 11.7. The van der Waals surface area contributed by atoms with Crippen LogP contribution in [0.1, 0.15) is 59.9 Å². The van der Waals surface area contributed by atoms with E-state index in [1.807, 2.05) is 48.0 Å². The third-order valence-electron chi connectivity index (χ3n) is 5.93. The maximum Gasteiger partial charge on any atom is 0.303 e. The van der Waals surface area contributed by atoms with Gasteiger partial charge in [0.05, 0.1) is 18.2 Å². The third-order valence-corrected chi connectivity index (χ3v) is 6.17. The molecule has 0 aliphatic rings. The van der Waals surface area contributed by atoms with Gasteiger partial charge in [-0.1, -0.05) is 42.8 Å². The monoisotopic (exact) mass is 507 g/mol. The number of ketones is 1. The van der Waals surface area contributed by atoms with E-state index in [4.69, 9.17) is 21.4 Å². The first-order valence-electron chi connectivity index (χ1n) is 11.9. The van der Waals surface area contributed by atoms with Crippen LogP contribution in [-0.4, -0.2) is 33.0 Å². The van der Waals surface area contributed by atoms with E-state index in [-0.39, 0.29) is 24.5 Å². The Morgan fingerprint density at radius 2 is 1.94 bits per heavy atom. The summed E-state index contributed by atoms with van der Waals surface area (Å²) in [5.74, 6) is -0.876. The van der Waals surface area contributed by atoms with Gasteiger partial charge in [-0.15, -0.1) is 0 Å². The van der Waals surface area contributed by atoms with E-state index < -0.39 is 5.97 Å². The fourth-order valence-corrected chi connectivity index (χ4v) is 4.37. The smallest absolute Gasteiger partial charge is 0.303 e. The number of halogens is 1. The van der Waals surface area contributed by atoms with Gasteiger partial charge in [0.2, 0.25) is 0 Å². The number of rotatable bonds is 13. The fourth-order valence-electron chi connectivity index (χ4n) is 4.15. The van der Waals surface area contributed by atoms with Crippen LogP contribution in [0, 0.1) is 17.2 Å². The van der Waals surface area contributed by atoms with Crippen LogP contribution in [0.15, 0.2) is 48.5 Å². The SMILES string of the molecule is C[C@H](CC(=O)O)CC(=O)c1nc(-c2ccccc2C#N)n(C)c1CCCCOCc1cccc(Cl)c1. The van der Waals surface area contributed by atoms with Crippen LogP contribution < -0.4 is 0 Å². The Balaban J connectivity index is 1.73. The number of nitrogens with zero attached hydrogens (tertiary/aromatic N) is 3. The molecule has 0 unspecified atom stereocenters. The molecule has 1 N–H and O–H groups in total. The quantitative estimate of drug-likeness (QED) is 0.230. The van der Waals surface area contributed by atoms with Gasteiger partial charge in [-0.3, -0.25) is 9.59 Å². The summed E-state index contributed by atoms with van der Waals surface area (Å²) in [4.78, 5) is 28.9. The molecule has 8 heteroatoms. The number of aromatic nitrogens is 2. The predicted molar refractivity (Wildman–Crippen MR) is 138 cm³/mol. The lowest BCUT2D eigenvalue weighted by molar-refractivity contribution is -0.137. The van der Waals surface area contributed by atoms with Gasteiger partial charge in [-0.2, -0.15) is 5.26 Å². The second kappa shape index (κ2) is 13.0. The fraction of sp³-hybridized carbons (Fsp3) is 0.357. The number of ether oxygens (including phenoxy) is 1. The van der Waals surface area contributed by atoms with Crippen molar-refractivity contribution in [3.63, 3.8) is 0 Å². The molecule has 0 saturated heterocycles. The minimum Gasteiger partial charge on any atom is -0.481 e. The van der Waals surface area contributed by atoms with Crippen molar-refractivity contribution in [3.05, 3.63) is 76.1 Å². The van der Waals surface area contributed by atoms with Gasteiger partial charge in [0.15, 0.2) is 5.78 Å². The molecule has 36 heavy (non-hydrogen) atoms. The molecule has 0 aliphatic heterocycles. The minimum atomic E-state index is -0.932. The molecule has 188 valence electrons. The highest BCUT2D eigenvalue weighted by Gasteiger charge is 2.24. The molecule has 1 heterocycles. The summed E-state index contributed by atoms with van der Waals surface area (Å²) < 4.78 is 7.65. The maximum absolute atomic E-state index is 13.2. The molecule has 0 spiro atoms. The highest BCUT2D eigenvalue weighted by Crippen LogP contribution is 2.27. The lowest BCUT2D eigenvalue weighted by atomic mass is 9.98. The topological polar surface area (TPSA) is 105 Å². The number of benzene rings is 2. The number of imidazole rings is 1. The summed E-state index contributed by atoms with van der Waals surface area (Å²) >= 11 is 6.01. The van der Waals surface area contributed by atoms with Crippen molar-refractivity contribution >= 4 is 23.4 Å². The summed E-state index contributed by atoms with van der Waals surface area (Å²) in [5.41, 5.74) is 3.27. The van der Waals surface area contributed by atoms with Gasteiger partial charge in [0.25, 0.3) is 0 Å². The average molecular weight is 508 g/mol. The maximum atomic E-state index is 13.2. The van der Waals surface area contributed by atoms with E-state index in [9.17, 15) is 14.9 Å². The van der Waals surface area contributed by atoms with Crippen LogP contribution in [0.3, 0.4) is 0 Å². The zero-order chi connectivity index (χ0) is 26.1. The number of unbranched alkanes of at least 4 members (excludes halogenated alkanes) is 1. The molecule has 0 aliphatic carbocycles. The Morgan fingerprint density at radius 3 is 2.67 bits per heavy atom. The zero-order valence-electron chi connectivity index (χ0n) is 20.5. The molecule has 1 atom stereocenters. The number of carboxylic acids is 1. The summed E-state index contributed by atoms with van der Waals surface area (Å²) in [5, 5.41) is 19.3. The zero-order valence-corrected chi connectivity index (χ0v) is 21.3. The molecular weight excluding hydrogens is 478 g/mol. The molecule has 0 radical (unpaired) electrons. The first-order chi connectivity index (χ1) is 17.3. The highest BCUT2D eigenvalue weighted by atomic mass is 35.5. The Bertz CT molecular complexity index is 1260. The van der Waals surface area contributed by atoms with Gasteiger partial charge < -0.3 is 14.4 Å². The molecule has 3 aromatic rings. The van der Waals surface area contributed by atoms with E-state index in [2.05, 4.69) is 11.1 Å². The largest absolute Gasteiger partial charge is 0.481 e. The van der Waals surface area contributed by atoms with Crippen molar-refractivity contribution in [2.45, 2.75) is 45.6 Å². The van der Waals surface area contributed by atoms with Crippen LogP contribution in [0.25, 0.3) is 11.4 Å². The molecule has 3 rings (SSSR count). The summed E-state index contributed by atoms with van der Waals surface area (Å²) in [7, 11) is 1.85. The van der Waals surface area contributed by atoms with Gasteiger partial charge in [-0.05, 0) is 55.0 Å². The standard InChI is InChI=1S/C28H30ClN3O4/c1-19(15-26(34)35)14-25(33)27-24(12-5-6-13-36-18-20-8-7-10-22(29)16-20)32(2)28(31-27)23-11-4-3-9-21(23)17-30/h3-4,7-11,16,19H,5-6,12-15,18H2,1-2H3,(H,34,35)/t19-/m0/s1. The highest BCUT2D eigenvalue weighted by molar-refractivity contribution is 6.30. The molecule has 0 bridgehead atoms. The molecule has 0 fully saturated rings. The summed E-state index contributed by atoms with van der Waals surface area (Å²) in [6.07, 6.45) is 2.19. The number of nitriles is 1. The first kappa shape index (κ1) is 27.1. The van der Waals surface area contributed by atoms with E-state index in [1.54, 1.807) is 19.1 Å². The second-order valence-electron chi connectivity index (χ2n) is 8.92. The number of Topliss-reactive ketones (excluding diaryl/α,β-unsaturated/α-hetero) is 1. The lowest BCUT2D eigenvalue weighted by Crippen LogP contribution is -2.13. The van der Waals surface area contributed by atoms with E-state index in [0.717, 1.165) is 24.1 Å². The third kappa shape index (κ3) is 7.27. The van der Waals surface area contributed by atoms with Crippen molar-refractivity contribution in [3.8, 4) is 17.5 Å². The van der Waals surface area contributed by atoms with E-state index in [0.29, 0.717) is 47.3 Å².